The molecule has 2 rings (SSSR count). The van der Waals surface area contributed by atoms with Gasteiger partial charge in [0.25, 0.3) is 0 Å². The van der Waals surface area contributed by atoms with Crippen LogP contribution in [0.4, 0.5) is 5.82 Å². The maximum Gasteiger partial charge on any atom is 0.247 e. The average Bonchev–Trinajstić information content (AvgIpc) is 2.75. The third kappa shape index (κ3) is 3.97. The van der Waals surface area contributed by atoms with E-state index in [2.05, 4.69) is 36.5 Å². The fraction of sp³-hybridized carbons (Fsp3) is 0.750. The van der Waals surface area contributed by atoms with Crippen molar-refractivity contribution in [3.05, 3.63) is 11.8 Å². The van der Waals surface area contributed by atoms with Crippen molar-refractivity contribution in [1.29, 1.82) is 0 Å². The summed E-state index contributed by atoms with van der Waals surface area (Å²) in [6, 6.07) is 1.82. The molecule has 0 saturated carbocycles. The molecule has 2 heterocycles. The number of aromatic nitrogens is 2. The van der Waals surface area contributed by atoms with Gasteiger partial charge in [-0.15, -0.1) is 0 Å². The smallest absolute Gasteiger partial charge is 0.247 e. The molecule has 24 heavy (non-hydrogen) atoms. The number of nitrogens with zero attached hydrogens (tertiary/aromatic N) is 2. The van der Waals surface area contributed by atoms with Crippen molar-refractivity contribution in [3.8, 4) is 0 Å². The molecule has 0 aromatic carbocycles. The van der Waals surface area contributed by atoms with Gasteiger partial charge in [-0.1, -0.05) is 20.8 Å². The molecule has 0 atom stereocenters. The lowest BCUT2D eigenvalue weighted by molar-refractivity contribution is -0.119. The molecule has 1 aliphatic heterocycles. The summed E-state index contributed by atoms with van der Waals surface area (Å²) >= 11 is 0. The average molecular weight is 356 g/mol. The van der Waals surface area contributed by atoms with Crippen LogP contribution in [0.2, 0.25) is 0 Å². The molecule has 1 saturated heterocycles. The Balaban J connectivity index is 2.25. The molecule has 0 bridgehead atoms. The summed E-state index contributed by atoms with van der Waals surface area (Å²) < 4.78 is 24.8. The second-order valence-corrected chi connectivity index (χ2v) is 10.2. The maximum absolute atomic E-state index is 12.8. The third-order valence-electron chi connectivity index (χ3n) is 4.42. The molecule has 7 nitrogen and oxygen atoms in total. The van der Waals surface area contributed by atoms with Crippen LogP contribution in [-0.4, -0.2) is 48.2 Å². The van der Waals surface area contributed by atoms with Gasteiger partial charge in [0, 0.05) is 19.4 Å². The van der Waals surface area contributed by atoms with Crippen molar-refractivity contribution in [3.63, 3.8) is 0 Å². The fourth-order valence-corrected chi connectivity index (χ4v) is 4.43. The van der Waals surface area contributed by atoms with Crippen LogP contribution in [0.25, 0.3) is 0 Å². The Morgan fingerprint density at radius 3 is 2.46 bits per heavy atom. The van der Waals surface area contributed by atoms with Gasteiger partial charge >= 0.3 is 0 Å². The molecule has 1 aromatic heterocycles. The summed E-state index contributed by atoms with van der Waals surface area (Å²) in [7, 11) is -1.78. The lowest BCUT2D eigenvalue weighted by Gasteiger charge is -2.34. The number of carbonyl (C=O) groups excluding carboxylic acids is 1. The molecule has 8 heteroatoms. The van der Waals surface area contributed by atoms with E-state index in [0.29, 0.717) is 18.9 Å². The number of hydrogen-bond acceptors (Lipinski definition) is 5. The normalized spacial score (nSPS) is 18.4. The number of amides is 1. The van der Waals surface area contributed by atoms with Gasteiger partial charge in [0.05, 0.1) is 5.69 Å². The van der Waals surface area contributed by atoms with Gasteiger partial charge in [-0.25, -0.2) is 8.42 Å². The molecule has 1 aliphatic rings. The molecule has 1 aromatic rings. The standard InChI is InChI=1S/C16H28N4O3S/c1-15(2,3)11-12-10-13(20(4)19-12)18-14(21)16(24(5,22)23)6-8-17-9-7-16/h10,17H,6-9,11H2,1-5H3,(H,18,21). The second-order valence-electron chi connectivity index (χ2n) is 7.85. The van der Waals surface area contributed by atoms with Crippen LogP contribution in [0.3, 0.4) is 0 Å². The van der Waals surface area contributed by atoms with E-state index in [1.807, 2.05) is 6.07 Å². The highest BCUT2D eigenvalue weighted by Crippen LogP contribution is 2.30. The molecule has 0 radical (unpaired) electrons. The zero-order valence-electron chi connectivity index (χ0n) is 15.1. The van der Waals surface area contributed by atoms with Crippen LogP contribution in [0.1, 0.15) is 39.3 Å². The quantitative estimate of drug-likeness (QED) is 0.843. The number of anilines is 1. The number of sulfone groups is 1. The molecule has 0 unspecified atom stereocenters. The van der Waals surface area contributed by atoms with Gasteiger partial charge in [-0.3, -0.25) is 9.48 Å². The first kappa shape index (κ1) is 18.9. The zero-order valence-corrected chi connectivity index (χ0v) is 16.0. The fourth-order valence-electron chi connectivity index (χ4n) is 3.10. The van der Waals surface area contributed by atoms with E-state index in [1.54, 1.807) is 11.7 Å². The topological polar surface area (TPSA) is 93.1 Å². The Labute approximate surface area is 144 Å². The van der Waals surface area contributed by atoms with Gasteiger partial charge < -0.3 is 10.6 Å². The monoisotopic (exact) mass is 356 g/mol. The Kier molecular flexibility index (Phi) is 5.11. The predicted octanol–water partition coefficient (Wildman–Crippen LogP) is 1.11. The highest BCUT2D eigenvalue weighted by Gasteiger charge is 2.48. The summed E-state index contributed by atoms with van der Waals surface area (Å²) in [4.78, 5) is 12.8. The minimum Gasteiger partial charge on any atom is -0.317 e. The van der Waals surface area contributed by atoms with Crippen molar-refractivity contribution in [2.45, 2.75) is 44.8 Å². The van der Waals surface area contributed by atoms with Crippen molar-refractivity contribution in [2.24, 2.45) is 12.5 Å². The Bertz CT molecular complexity index is 710. The summed E-state index contributed by atoms with van der Waals surface area (Å²) in [6.45, 7) is 7.39. The highest BCUT2D eigenvalue weighted by atomic mass is 32.2. The number of rotatable bonds is 4. The van der Waals surface area contributed by atoms with Gasteiger partial charge in [0.15, 0.2) is 14.6 Å². The number of hydrogen-bond donors (Lipinski definition) is 2. The number of carbonyl (C=O) groups is 1. The van der Waals surface area contributed by atoms with Crippen molar-refractivity contribution in [1.82, 2.24) is 15.1 Å². The SMILES string of the molecule is Cn1nc(CC(C)(C)C)cc1NC(=O)C1(S(C)(=O)=O)CCNCC1. The summed E-state index contributed by atoms with van der Waals surface area (Å²) in [5.41, 5.74) is 0.956. The minimum absolute atomic E-state index is 0.0820. The van der Waals surface area contributed by atoms with E-state index < -0.39 is 20.5 Å². The van der Waals surface area contributed by atoms with Crippen molar-refractivity contribution < 1.29 is 13.2 Å². The Morgan fingerprint density at radius 1 is 1.38 bits per heavy atom. The van der Waals surface area contributed by atoms with Crippen LogP contribution >= 0.6 is 0 Å². The molecule has 0 aliphatic carbocycles. The number of aryl methyl sites for hydroxylation is 1. The number of nitrogens with one attached hydrogen (secondary N) is 2. The third-order valence-corrected chi connectivity index (χ3v) is 6.43. The van der Waals surface area contributed by atoms with E-state index in [0.717, 1.165) is 18.4 Å². The van der Waals surface area contributed by atoms with Gasteiger partial charge in [-0.2, -0.15) is 5.10 Å². The van der Waals surface area contributed by atoms with Crippen LogP contribution in [-0.2, 0) is 28.1 Å². The summed E-state index contributed by atoms with van der Waals surface area (Å²) in [5, 5.41) is 10.3. The van der Waals surface area contributed by atoms with Gasteiger partial charge in [-0.05, 0) is 37.8 Å². The van der Waals surface area contributed by atoms with Crippen LogP contribution in [0.5, 0.6) is 0 Å². The van der Waals surface area contributed by atoms with Crippen molar-refractivity contribution in [2.75, 3.05) is 24.7 Å². The van der Waals surface area contributed by atoms with Crippen molar-refractivity contribution >= 4 is 21.6 Å². The minimum atomic E-state index is -3.52. The Morgan fingerprint density at radius 2 is 1.96 bits per heavy atom. The predicted molar refractivity (Wildman–Crippen MR) is 94.7 cm³/mol. The largest absolute Gasteiger partial charge is 0.317 e. The first-order valence-corrected chi connectivity index (χ1v) is 10.1. The summed E-state index contributed by atoms with van der Waals surface area (Å²) in [6.07, 6.45) is 2.48. The van der Waals surface area contributed by atoms with Crippen LogP contribution in [0, 0.1) is 5.41 Å². The molecule has 1 fully saturated rings. The molecule has 2 N–H and O–H groups in total. The highest BCUT2D eigenvalue weighted by molar-refractivity contribution is 7.92. The van der Waals surface area contributed by atoms with E-state index in [9.17, 15) is 13.2 Å². The van der Waals surface area contributed by atoms with Crippen LogP contribution in [0.15, 0.2) is 6.07 Å². The number of piperidine rings is 1. The Hall–Kier alpha value is -1.41. The van der Waals surface area contributed by atoms with Crippen LogP contribution < -0.4 is 10.6 Å². The summed E-state index contributed by atoms with van der Waals surface area (Å²) in [5.74, 6) is 0.0672. The first-order valence-electron chi connectivity index (χ1n) is 8.19. The lowest BCUT2D eigenvalue weighted by atomic mass is 9.91. The van der Waals surface area contributed by atoms with E-state index in [4.69, 9.17) is 0 Å². The molecule has 136 valence electrons. The van der Waals surface area contributed by atoms with Gasteiger partial charge in [0.2, 0.25) is 5.91 Å². The van der Waals surface area contributed by atoms with E-state index in [-0.39, 0.29) is 18.3 Å². The molecule has 1 amide bonds. The maximum atomic E-state index is 12.8. The molecular formula is C16H28N4O3S. The first-order chi connectivity index (χ1) is 10.9. The zero-order chi connectivity index (χ0) is 18.2. The van der Waals surface area contributed by atoms with E-state index in [1.165, 1.54) is 0 Å². The molecular weight excluding hydrogens is 328 g/mol. The second kappa shape index (κ2) is 6.48. The van der Waals surface area contributed by atoms with Gasteiger partial charge in [0.1, 0.15) is 5.82 Å². The molecule has 0 spiro atoms. The van der Waals surface area contributed by atoms with E-state index >= 15 is 0 Å². The lowest BCUT2D eigenvalue weighted by Crippen LogP contribution is -2.55.